The Morgan fingerprint density at radius 1 is 0.970 bits per heavy atom. The van der Waals surface area contributed by atoms with Crippen molar-refractivity contribution in [2.24, 2.45) is 0 Å². The van der Waals surface area contributed by atoms with Crippen molar-refractivity contribution in [3.05, 3.63) is 35.0 Å². The second kappa shape index (κ2) is 12.7. The van der Waals surface area contributed by atoms with E-state index in [0.717, 1.165) is 0 Å². The molecule has 0 N–H and O–H groups in total. The number of ether oxygens (including phenoxy) is 1. The molecule has 0 atom stereocenters. The zero-order valence-electron chi connectivity index (χ0n) is 22.0. The van der Waals surface area contributed by atoms with E-state index in [1.807, 2.05) is 6.07 Å². The average molecular weight is 560 g/mol. The summed E-state index contributed by atoms with van der Waals surface area (Å²) in [5, 5.41) is 1.43. The van der Waals surface area contributed by atoms with Gasteiger partial charge in [0.15, 0.2) is 0 Å². The van der Waals surface area contributed by atoms with E-state index < -0.39 is 18.7 Å². The second-order valence-electron chi connectivity index (χ2n) is 10.4. The molecule has 33 heavy (non-hydrogen) atoms. The van der Waals surface area contributed by atoms with Crippen LogP contribution in [0.3, 0.4) is 0 Å². The number of carbonyl (C=O) groups is 1. The number of methoxy groups -OCH3 is 1. The van der Waals surface area contributed by atoms with Crippen molar-refractivity contribution in [1.29, 1.82) is 0 Å². The summed E-state index contributed by atoms with van der Waals surface area (Å²) >= 11 is -2.77. The van der Waals surface area contributed by atoms with Crippen LogP contribution in [-0.2, 0) is 4.74 Å². The Hall–Kier alpha value is -0.971. The molecule has 1 aliphatic carbocycles. The van der Waals surface area contributed by atoms with Crippen LogP contribution in [0.2, 0.25) is 13.3 Å². The van der Waals surface area contributed by atoms with Crippen molar-refractivity contribution >= 4 is 35.5 Å². The molecule has 1 aromatic heterocycles. The minimum atomic E-state index is -2.77. The van der Waals surface area contributed by atoms with E-state index >= 15 is 0 Å². The van der Waals surface area contributed by atoms with Gasteiger partial charge in [0.25, 0.3) is 0 Å². The van der Waals surface area contributed by atoms with Gasteiger partial charge in [0.05, 0.1) is 0 Å². The van der Waals surface area contributed by atoms with Crippen LogP contribution in [0.5, 0.6) is 0 Å². The predicted molar refractivity (Wildman–Crippen MR) is 144 cm³/mol. The molecule has 4 heteroatoms. The molecule has 0 aliphatic heterocycles. The van der Waals surface area contributed by atoms with Crippen molar-refractivity contribution in [3.63, 3.8) is 0 Å². The van der Waals surface area contributed by atoms with Gasteiger partial charge in [-0.3, -0.25) is 0 Å². The predicted octanol–water partition coefficient (Wildman–Crippen LogP) is 8.98. The molecule has 1 saturated carbocycles. The number of carbonyl (C=O) groups excluding carboxylic acids is 1. The number of hydrogen-bond acceptors (Lipinski definition) is 2. The number of esters is 1. The maximum absolute atomic E-state index is 12.5. The summed E-state index contributed by atoms with van der Waals surface area (Å²) < 4.78 is 12.4. The zero-order valence-corrected chi connectivity index (χ0v) is 24.8. The third-order valence-corrected chi connectivity index (χ3v) is 23.5. The van der Waals surface area contributed by atoms with E-state index in [0.29, 0.717) is 11.5 Å². The van der Waals surface area contributed by atoms with Crippen molar-refractivity contribution in [1.82, 2.24) is 2.79 Å². The fraction of sp³-hybridized carbons (Fsp3) is 0.690. The number of rotatable bonds is 12. The van der Waals surface area contributed by atoms with Gasteiger partial charge in [0.1, 0.15) is 0 Å². The average Bonchev–Trinajstić information content (AvgIpc) is 3.15. The Morgan fingerprint density at radius 3 is 2.06 bits per heavy atom. The molecule has 0 spiro atoms. The number of unbranched alkanes of at least 4 members (excludes halogenated alkanes) is 3. The first-order valence-corrected chi connectivity index (χ1v) is 21.1. The molecular formula is C29H47NO2Sn. The van der Waals surface area contributed by atoms with Crippen LogP contribution in [0.15, 0.2) is 18.2 Å². The molecule has 184 valence electrons. The van der Waals surface area contributed by atoms with E-state index in [9.17, 15) is 4.79 Å². The van der Waals surface area contributed by atoms with Gasteiger partial charge >= 0.3 is 208 Å². The van der Waals surface area contributed by atoms with Crippen LogP contribution >= 0.6 is 0 Å². The summed E-state index contributed by atoms with van der Waals surface area (Å²) in [5.41, 5.74) is 5.24. The number of aromatic nitrogens is 1. The van der Waals surface area contributed by atoms with E-state index in [1.54, 1.807) is 11.3 Å². The van der Waals surface area contributed by atoms with Gasteiger partial charge < -0.3 is 0 Å². The Bertz CT molecular complexity index is 888. The SMILES string of the molecule is CCC[CH2][Sn]([CH2]CCC)([CH2]CCC)[n]1c(C)c(C2CCCCC2)c2ccc(C(=O)OC)cc21. The van der Waals surface area contributed by atoms with Crippen molar-refractivity contribution in [3.8, 4) is 0 Å². The molecule has 0 bridgehead atoms. The number of fused-ring (bicyclic) bond motifs is 1. The van der Waals surface area contributed by atoms with Gasteiger partial charge in [0, 0.05) is 0 Å². The van der Waals surface area contributed by atoms with Gasteiger partial charge in [-0.15, -0.1) is 0 Å². The summed E-state index contributed by atoms with van der Waals surface area (Å²) in [7, 11) is 1.50. The van der Waals surface area contributed by atoms with E-state index in [4.69, 9.17) is 4.74 Å². The first kappa shape index (κ1) is 26.6. The Labute approximate surface area is 206 Å². The summed E-state index contributed by atoms with van der Waals surface area (Å²) in [6, 6.07) is 6.45. The Kier molecular flexibility index (Phi) is 10.2. The van der Waals surface area contributed by atoms with Gasteiger partial charge in [-0.1, -0.05) is 0 Å². The second-order valence-corrected chi connectivity index (χ2v) is 23.0. The maximum atomic E-state index is 12.5. The fourth-order valence-electron chi connectivity index (χ4n) is 6.43. The quantitative estimate of drug-likeness (QED) is 0.192. The summed E-state index contributed by atoms with van der Waals surface area (Å²) in [6.45, 7) is 9.47. The van der Waals surface area contributed by atoms with Gasteiger partial charge in [-0.05, 0) is 0 Å². The third kappa shape index (κ3) is 5.82. The van der Waals surface area contributed by atoms with Crippen LogP contribution in [0.4, 0.5) is 0 Å². The zero-order chi connectivity index (χ0) is 23.8. The molecule has 3 nitrogen and oxygen atoms in total. The van der Waals surface area contributed by atoms with E-state index in [-0.39, 0.29) is 5.97 Å². The number of nitrogens with zero attached hydrogens (tertiary/aromatic N) is 1. The van der Waals surface area contributed by atoms with E-state index in [2.05, 4.69) is 42.6 Å². The van der Waals surface area contributed by atoms with Crippen molar-refractivity contribution in [2.45, 2.75) is 118 Å². The molecule has 1 aromatic carbocycles. The van der Waals surface area contributed by atoms with Crippen LogP contribution in [0.1, 0.15) is 119 Å². The monoisotopic (exact) mass is 561 g/mol. The summed E-state index contributed by atoms with van der Waals surface area (Å²) in [5.74, 6) is 0.469. The normalized spacial score (nSPS) is 15.3. The molecule has 1 aliphatic rings. The van der Waals surface area contributed by atoms with Crippen LogP contribution in [0.25, 0.3) is 10.9 Å². The van der Waals surface area contributed by atoms with E-state index in [1.165, 1.54) is 102 Å². The van der Waals surface area contributed by atoms with Crippen LogP contribution in [0, 0.1) is 6.92 Å². The van der Waals surface area contributed by atoms with Crippen molar-refractivity contribution < 1.29 is 9.53 Å². The van der Waals surface area contributed by atoms with Gasteiger partial charge in [0.2, 0.25) is 0 Å². The third-order valence-electron chi connectivity index (χ3n) is 8.15. The molecular weight excluding hydrogens is 513 g/mol. The van der Waals surface area contributed by atoms with Gasteiger partial charge in [-0.25, -0.2) is 0 Å². The molecule has 2 aromatic rings. The first-order chi connectivity index (χ1) is 16.0. The minimum absolute atomic E-state index is 0.210. The molecule has 3 rings (SSSR count). The fourth-order valence-corrected chi connectivity index (χ4v) is 23.5. The molecule has 0 amide bonds. The van der Waals surface area contributed by atoms with Crippen molar-refractivity contribution in [2.75, 3.05) is 7.11 Å². The summed E-state index contributed by atoms with van der Waals surface area (Å²) in [6.07, 6.45) is 14.6. The molecule has 1 fully saturated rings. The first-order valence-electron chi connectivity index (χ1n) is 13.8. The standard InChI is InChI=1S/C17H21NO2.3C4H9.Sn/c1-11-16(12-6-4-3-5-7-12)14-9-8-13(17(19)20-2)10-15(14)18-11;3*1-3-4-2;/h8-10,12H,3-7H2,1-2H3,(H,18,19);3*1,3-4H2,2H3;/q;;;;+1/p-1. The molecule has 0 unspecified atom stereocenters. The Morgan fingerprint density at radius 2 is 1.55 bits per heavy atom. The molecule has 1 heterocycles. The van der Waals surface area contributed by atoms with Crippen LogP contribution < -0.4 is 0 Å². The molecule has 0 radical (unpaired) electrons. The number of hydrogen-bond donors (Lipinski definition) is 0. The van der Waals surface area contributed by atoms with Gasteiger partial charge in [-0.2, -0.15) is 0 Å². The summed E-state index contributed by atoms with van der Waals surface area (Å²) in [4.78, 5) is 12.5. The Balaban J connectivity index is 2.28. The van der Waals surface area contributed by atoms with Crippen LogP contribution in [-0.4, -0.2) is 34.5 Å². The number of benzene rings is 1. The topological polar surface area (TPSA) is 31.2 Å². The molecule has 0 saturated heterocycles.